The third-order valence-electron chi connectivity index (χ3n) is 4.44. The molecule has 0 aromatic carbocycles. The lowest BCUT2D eigenvalue weighted by atomic mass is 9.95. The van der Waals surface area contributed by atoms with Crippen molar-refractivity contribution in [3.8, 4) is 0 Å². The van der Waals surface area contributed by atoms with Crippen LogP contribution in [-0.4, -0.2) is 0 Å². The van der Waals surface area contributed by atoms with Crippen molar-refractivity contribution in [2.75, 3.05) is 0 Å². The van der Waals surface area contributed by atoms with E-state index < -0.39 is 0 Å². The summed E-state index contributed by atoms with van der Waals surface area (Å²) in [5.41, 5.74) is 0. The molecule has 0 fully saturated rings. The van der Waals surface area contributed by atoms with Crippen LogP contribution < -0.4 is 0 Å². The average Bonchev–Trinajstić information content (AvgIpc) is 2.41. The van der Waals surface area contributed by atoms with E-state index in [1.54, 1.807) is 0 Å². The van der Waals surface area contributed by atoms with Crippen LogP contribution in [0.2, 0.25) is 0 Å². The second-order valence-electron chi connectivity index (χ2n) is 7.11. The van der Waals surface area contributed by atoms with E-state index in [1.165, 1.54) is 89.9 Å². The number of unbranched alkanes of at least 4 members (excludes halogenated alkanes) is 9. The molecule has 121 valence electrons. The Balaban J connectivity index is 3.14. The third kappa shape index (κ3) is 16.1. The second-order valence-corrected chi connectivity index (χ2v) is 7.11. The van der Waals surface area contributed by atoms with Gasteiger partial charge in [-0.15, -0.1) is 0 Å². The van der Waals surface area contributed by atoms with Crippen LogP contribution in [-0.2, 0) is 0 Å². The number of hydrogen-bond donors (Lipinski definition) is 0. The maximum absolute atomic E-state index is 4.05. The van der Waals surface area contributed by atoms with Crippen molar-refractivity contribution in [2.45, 2.75) is 111 Å². The van der Waals surface area contributed by atoms with Gasteiger partial charge in [-0.3, -0.25) is 0 Å². The monoisotopic (exact) mass is 281 g/mol. The van der Waals surface area contributed by atoms with Gasteiger partial charge in [0.2, 0.25) is 0 Å². The summed E-state index contributed by atoms with van der Waals surface area (Å²) in [5, 5.41) is 0. The van der Waals surface area contributed by atoms with Crippen molar-refractivity contribution in [3.05, 3.63) is 6.92 Å². The van der Waals surface area contributed by atoms with E-state index in [2.05, 4.69) is 27.7 Å². The molecule has 0 saturated carbocycles. The summed E-state index contributed by atoms with van der Waals surface area (Å²) in [5.74, 6) is 1.59. The smallest absolute Gasteiger partial charge is 0.0443 e. The fraction of sp³-hybridized carbons (Fsp3) is 0.950. The van der Waals surface area contributed by atoms with E-state index in [4.69, 9.17) is 0 Å². The predicted octanol–water partition coefficient (Wildman–Crippen LogP) is 7.57. The van der Waals surface area contributed by atoms with Gasteiger partial charge in [0.15, 0.2) is 0 Å². The SMILES string of the molecule is [CH2]C(C)CCCCCC(C)CCCCCCCCCC. The zero-order valence-corrected chi connectivity index (χ0v) is 14.8. The zero-order chi connectivity index (χ0) is 15.1. The van der Waals surface area contributed by atoms with Crippen molar-refractivity contribution in [1.82, 2.24) is 0 Å². The van der Waals surface area contributed by atoms with Crippen molar-refractivity contribution < 1.29 is 0 Å². The van der Waals surface area contributed by atoms with E-state index in [9.17, 15) is 0 Å². The summed E-state index contributed by atoms with van der Waals surface area (Å²) >= 11 is 0. The molecule has 0 nitrogen and oxygen atoms in total. The summed E-state index contributed by atoms with van der Waals surface area (Å²) < 4.78 is 0. The van der Waals surface area contributed by atoms with Gasteiger partial charge in [-0.2, -0.15) is 0 Å². The van der Waals surface area contributed by atoms with Gasteiger partial charge in [-0.1, -0.05) is 118 Å². The molecule has 20 heavy (non-hydrogen) atoms. The Bertz CT molecular complexity index is 171. The molecule has 0 aliphatic rings. The molecule has 0 aromatic rings. The minimum Gasteiger partial charge on any atom is -0.0654 e. The molecule has 0 aliphatic carbocycles. The maximum atomic E-state index is 4.05. The highest BCUT2D eigenvalue weighted by Gasteiger charge is 2.02. The summed E-state index contributed by atoms with van der Waals surface area (Å²) in [6.07, 6.45) is 20.1. The van der Waals surface area contributed by atoms with Gasteiger partial charge in [0.05, 0.1) is 0 Å². The van der Waals surface area contributed by atoms with Crippen LogP contribution in [0.1, 0.15) is 111 Å². The zero-order valence-electron chi connectivity index (χ0n) is 14.8. The first-order valence-electron chi connectivity index (χ1n) is 9.49. The molecule has 2 atom stereocenters. The first-order chi connectivity index (χ1) is 9.66. The Morgan fingerprint density at radius 2 is 1.00 bits per heavy atom. The highest BCUT2D eigenvalue weighted by Crippen LogP contribution is 2.18. The second kappa shape index (κ2) is 15.4. The number of rotatable bonds is 15. The van der Waals surface area contributed by atoms with Crippen LogP contribution in [0.15, 0.2) is 0 Å². The lowest BCUT2D eigenvalue weighted by Gasteiger charge is -2.11. The first-order valence-corrected chi connectivity index (χ1v) is 9.49. The van der Waals surface area contributed by atoms with E-state index in [1.807, 2.05) is 0 Å². The summed E-state index contributed by atoms with van der Waals surface area (Å²) in [6.45, 7) is 11.0. The summed E-state index contributed by atoms with van der Waals surface area (Å²) in [7, 11) is 0. The van der Waals surface area contributed by atoms with Gasteiger partial charge in [-0.25, -0.2) is 0 Å². The molecular formula is C20H41. The van der Waals surface area contributed by atoms with Crippen LogP contribution in [0.25, 0.3) is 0 Å². The van der Waals surface area contributed by atoms with E-state index >= 15 is 0 Å². The van der Waals surface area contributed by atoms with Crippen LogP contribution in [0, 0.1) is 18.8 Å². The lowest BCUT2D eigenvalue weighted by molar-refractivity contribution is 0.428. The van der Waals surface area contributed by atoms with E-state index in [0.29, 0.717) is 5.92 Å². The van der Waals surface area contributed by atoms with Crippen molar-refractivity contribution in [3.63, 3.8) is 0 Å². The third-order valence-corrected chi connectivity index (χ3v) is 4.44. The van der Waals surface area contributed by atoms with E-state index in [0.717, 1.165) is 5.92 Å². The topological polar surface area (TPSA) is 0 Å². The van der Waals surface area contributed by atoms with Crippen molar-refractivity contribution >= 4 is 0 Å². The summed E-state index contributed by atoms with van der Waals surface area (Å²) in [4.78, 5) is 0. The summed E-state index contributed by atoms with van der Waals surface area (Å²) in [6, 6.07) is 0. The highest BCUT2D eigenvalue weighted by molar-refractivity contribution is 4.58. The van der Waals surface area contributed by atoms with Crippen molar-refractivity contribution in [2.24, 2.45) is 11.8 Å². The first kappa shape index (κ1) is 20.0. The minimum absolute atomic E-state index is 0.643. The molecule has 0 amide bonds. The van der Waals surface area contributed by atoms with Crippen LogP contribution >= 0.6 is 0 Å². The molecule has 0 saturated heterocycles. The van der Waals surface area contributed by atoms with E-state index in [-0.39, 0.29) is 0 Å². The van der Waals surface area contributed by atoms with Crippen molar-refractivity contribution in [1.29, 1.82) is 0 Å². The molecule has 1 radical (unpaired) electrons. The molecule has 0 aliphatic heterocycles. The van der Waals surface area contributed by atoms with Gasteiger partial charge < -0.3 is 0 Å². The Morgan fingerprint density at radius 3 is 1.50 bits per heavy atom. The Labute approximate surface area is 130 Å². The Morgan fingerprint density at radius 1 is 0.600 bits per heavy atom. The van der Waals surface area contributed by atoms with Crippen LogP contribution in [0.3, 0.4) is 0 Å². The highest BCUT2D eigenvalue weighted by atomic mass is 14.1. The van der Waals surface area contributed by atoms with Crippen LogP contribution in [0.5, 0.6) is 0 Å². The quantitative estimate of drug-likeness (QED) is 0.271. The molecule has 0 N–H and O–H groups in total. The molecule has 0 heterocycles. The van der Waals surface area contributed by atoms with Crippen LogP contribution in [0.4, 0.5) is 0 Å². The molecule has 0 aromatic heterocycles. The molecular weight excluding hydrogens is 240 g/mol. The maximum Gasteiger partial charge on any atom is -0.0443 e. The standard InChI is InChI=1S/C20H41/c1-5-6-7-8-9-10-11-14-17-20(4)18-15-12-13-16-19(2)3/h19-20H,2,5-18H2,1,3-4H3. The largest absolute Gasteiger partial charge is 0.0654 e. The van der Waals surface area contributed by atoms with Gasteiger partial charge in [0.1, 0.15) is 0 Å². The molecule has 0 spiro atoms. The average molecular weight is 282 g/mol. The molecule has 0 rings (SSSR count). The Kier molecular flexibility index (Phi) is 15.4. The normalized spacial score (nSPS) is 13.1. The van der Waals surface area contributed by atoms with Gasteiger partial charge in [-0.05, 0) is 11.8 Å². The molecule has 2 unspecified atom stereocenters. The van der Waals surface area contributed by atoms with Gasteiger partial charge in [0, 0.05) is 0 Å². The molecule has 0 heteroatoms. The molecule has 0 bridgehead atoms. The van der Waals surface area contributed by atoms with Gasteiger partial charge in [0.25, 0.3) is 0 Å². The predicted molar refractivity (Wildman–Crippen MR) is 94.0 cm³/mol. The fourth-order valence-corrected chi connectivity index (χ4v) is 2.93. The number of hydrogen-bond acceptors (Lipinski definition) is 0. The van der Waals surface area contributed by atoms with Gasteiger partial charge >= 0.3 is 0 Å². The Hall–Kier alpha value is 0. The minimum atomic E-state index is 0.643. The fourth-order valence-electron chi connectivity index (χ4n) is 2.93. The lowest BCUT2D eigenvalue weighted by Crippen LogP contribution is -1.95.